The molecule has 0 fully saturated rings. The van der Waals surface area contributed by atoms with Gasteiger partial charge in [0.15, 0.2) is 0 Å². The Hall–Kier alpha value is -2.17. The topological polar surface area (TPSA) is 109 Å². The zero-order valence-corrected chi connectivity index (χ0v) is 20.5. The number of aryl methyl sites for hydroxylation is 1. The smallest absolute Gasteiger partial charge is 0.282 e. The van der Waals surface area contributed by atoms with Crippen LogP contribution in [0.2, 0.25) is 0 Å². The molecular formula is C23H24O6S3. The fourth-order valence-corrected chi connectivity index (χ4v) is 5.13. The molecule has 0 aliphatic rings. The first-order valence-corrected chi connectivity index (χ1v) is 13.3. The Labute approximate surface area is 193 Å². The Kier molecular flexibility index (Phi) is 6.61. The van der Waals surface area contributed by atoms with Crippen molar-refractivity contribution in [2.24, 2.45) is 0 Å². The van der Waals surface area contributed by atoms with Gasteiger partial charge in [-0.1, -0.05) is 50.7 Å². The van der Waals surface area contributed by atoms with Crippen LogP contribution in [0.4, 0.5) is 0 Å². The van der Waals surface area contributed by atoms with E-state index in [1.54, 1.807) is 13.0 Å². The van der Waals surface area contributed by atoms with Gasteiger partial charge < -0.3 is 0 Å². The minimum atomic E-state index is -4.47. The maximum Gasteiger partial charge on any atom is 0.294 e. The average molecular weight is 493 g/mol. The van der Waals surface area contributed by atoms with Crippen LogP contribution in [-0.2, 0) is 25.7 Å². The van der Waals surface area contributed by atoms with Gasteiger partial charge in [-0.05, 0) is 77.1 Å². The molecule has 0 bridgehead atoms. The second-order valence-electron chi connectivity index (χ2n) is 8.46. The molecule has 170 valence electrons. The summed E-state index contributed by atoms with van der Waals surface area (Å²) in [7, 11) is -8.93. The third kappa shape index (κ3) is 5.60. The molecule has 6 nitrogen and oxygen atoms in total. The first-order chi connectivity index (χ1) is 14.7. The van der Waals surface area contributed by atoms with Crippen molar-refractivity contribution in [3.8, 4) is 11.1 Å². The van der Waals surface area contributed by atoms with E-state index in [2.05, 4.69) is 20.8 Å². The highest BCUT2D eigenvalue weighted by atomic mass is 32.2. The fraction of sp³-hybridized carbons (Fsp3) is 0.217. The molecule has 0 radical (unpaired) electrons. The molecule has 0 amide bonds. The molecule has 0 saturated heterocycles. The molecule has 0 spiro atoms. The van der Waals surface area contributed by atoms with E-state index in [1.807, 2.05) is 24.3 Å². The molecule has 3 aromatic rings. The lowest BCUT2D eigenvalue weighted by atomic mass is 9.87. The van der Waals surface area contributed by atoms with Crippen LogP contribution in [0.15, 0.2) is 80.2 Å². The molecule has 0 unspecified atom stereocenters. The Bertz CT molecular complexity index is 1370. The quantitative estimate of drug-likeness (QED) is 0.446. The number of hydrogen-bond donors (Lipinski definition) is 2. The third-order valence-corrected chi connectivity index (χ3v) is 7.78. The molecule has 0 atom stereocenters. The molecule has 3 rings (SSSR count). The van der Waals surface area contributed by atoms with Crippen LogP contribution in [0, 0.1) is 6.92 Å². The molecule has 0 aliphatic heterocycles. The van der Waals surface area contributed by atoms with Crippen LogP contribution < -0.4 is 0 Å². The molecule has 2 N–H and O–H groups in total. The Morgan fingerprint density at radius 2 is 1.22 bits per heavy atom. The molecular weight excluding hydrogens is 468 g/mol. The molecule has 0 aliphatic carbocycles. The molecule has 0 saturated carbocycles. The summed E-state index contributed by atoms with van der Waals surface area (Å²) in [6, 6.07) is 16.3. The van der Waals surface area contributed by atoms with Gasteiger partial charge in [0, 0.05) is 9.79 Å². The Morgan fingerprint density at radius 3 is 1.72 bits per heavy atom. The SMILES string of the molecule is Cc1ccc(S(=O)(=O)O)cc1-c1cc(S(=O)(=O)O)ccc1Sc1ccc(C(C)(C)C)cc1. The fourth-order valence-electron chi connectivity index (χ4n) is 3.17. The summed E-state index contributed by atoms with van der Waals surface area (Å²) in [5.41, 5.74) is 2.70. The van der Waals surface area contributed by atoms with Gasteiger partial charge in [-0.3, -0.25) is 9.11 Å². The van der Waals surface area contributed by atoms with Crippen molar-refractivity contribution in [3.63, 3.8) is 0 Å². The molecule has 9 heteroatoms. The molecule has 3 aromatic carbocycles. The summed E-state index contributed by atoms with van der Waals surface area (Å²) in [6.07, 6.45) is 0. The zero-order chi connectivity index (χ0) is 23.9. The van der Waals surface area contributed by atoms with Crippen LogP contribution in [0.5, 0.6) is 0 Å². The standard InChI is InChI=1S/C23H24O6S3/c1-15-5-10-18(31(24,25)26)13-20(15)21-14-19(32(27,28)29)11-12-22(21)30-17-8-6-16(7-9-17)23(2,3)4/h5-14H,1-4H3,(H,24,25,26)(H,27,28,29). The van der Waals surface area contributed by atoms with Crippen LogP contribution in [-0.4, -0.2) is 25.9 Å². The number of benzene rings is 3. The predicted molar refractivity (Wildman–Crippen MR) is 126 cm³/mol. The Balaban J connectivity index is 2.17. The summed E-state index contributed by atoms with van der Waals surface area (Å²) in [6.45, 7) is 8.10. The van der Waals surface area contributed by atoms with E-state index in [0.717, 1.165) is 4.90 Å². The summed E-state index contributed by atoms with van der Waals surface area (Å²) in [5, 5.41) is 0. The molecule has 0 aromatic heterocycles. The molecule has 0 heterocycles. The van der Waals surface area contributed by atoms with Gasteiger partial charge in [0.1, 0.15) is 0 Å². The molecule has 32 heavy (non-hydrogen) atoms. The maximum absolute atomic E-state index is 11.7. The van der Waals surface area contributed by atoms with Crippen molar-refractivity contribution in [3.05, 3.63) is 71.8 Å². The van der Waals surface area contributed by atoms with Crippen LogP contribution in [0.1, 0.15) is 31.9 Å². The van der Waals surface area contributed by atoms with E-state index in [0.29, 0.717) is 21.6 Å². The maximum atomic E-state index is 11.7. The monoisotopic (exact) mass is 492 g/mol. The highest BCUT2D eigenvalue weighted by Gasteiger charge is 2.19. The van der Waals surface area contributed by atoms with Crippen LogP contribution in [0.25, 0.3) is 11.1 Å². The van der Waals surface area contributed by atoms with Gasteiger partial charge in [-0.25, -0.2) is 0 Å². The lowest BCUT2D eigenvalue weighted by Crippen LogP contribution is -2.10. The van der Waals surface area contributed by atoms with Crippen molar-refractivity contribution in [1.82, 2.24) is 0 Å². The van der Waals surface area contributed by atoms with E-state index in [9.17, 15) is 25.9 Å². The van der Waals surface area contributed by atoms with Crippen molar-refractivity contribution in [2.75, 3.05) is 0 Å². The first-order valence-electron chi connectivity index (χ1n) is 9.65. The summed E-state index contributed by atoms with van der Waals surface area (Å²) in [4.78, 5) is 0.955. The van der Waals surface area contributed by atoms with E-state index >= 15 is 0 Å². The van der Waals surface area contributed by atoms with Crippen LogP contribution >= 0.6 is 11.8 Å². The lowest BCUT2D eigenvalue weighted by Gasteiger charge is -2.19. The lowest BCUT2D eigenvalue weighted by molar-refractivity contribution is 0.480. The normalized spacial score (nSPS) is 12.7. The van der Waals surface area contributed by atoms with Crippen molar-refractivity contribution < 1.29 is 25.9 Å². The van der Waals surface area contributed by atoms with Gasteiger partial charge in [-0.2, -0.15) is 16.8 Å². The highest BCUT2D eigenvalue weighted by molar-refractivity contribution is 7.99. The van der Waals surface area contributed by atoms with E-state index in [-0.39, 0.29) is 15.2 Å². The van der Waals surface area contributed by atoms with Gasteiger partial charge in [0.25, 0.3) is 20.2 Å². The number of rotatable bonds is 5. The highest BCUT2D eigenvalue weighted by Crippen LogP contribution is 2.40. The van der Waals surface area contributed by atoms with E-state index in [1.165, 1.54) is 47.7 Å². The number of hydrogen-bond acceptors (Lipinski definition) is 5. The van der Waals surface area contributed by atoms with Gasteiger partial charge in [0.2, 0.25) is 0 Å². The Morgan fingerprint density at radius 1 is 0.719 bits per heavy atom. The minimum Gasteiger partial charge on any atom is -0.282 e. The summed E-state index contributed by atoms with van der Waals surface area (Å²) >= 11 is 1.38. The van der Waals surface area contributed by atoms with E-state index < -0.39 is 20.2 Å². The third-order valence-electron chi connectivity index (χ3n) is 4.99. The summed E-state index contributed by atoms with van der Waals surface area (Å²) in [5.74, 6) is 0. The second kappa shape index (κ2) is 8.64. The van der Waals surface area contributed by atoms with Gasteiger partial charge in [-0.15, -0.1) is 0 Å². The van der Waals surface area contributed by atoms with Crippen molar-refractivity contribution in [2.45, 2.75) is 52.7 Å². The predicted octanol–water partition coefficient (Wildman–Crippen LogP) is 5.60. The largest absolute Gasteiger partial charge is 0.294 e. The van der Waals surface area contributed by atoms with Crippen LogP contribution in [0.3, 0.4) is 0 Å². The van der Waals surface area contributed by atoms with Crippen molar-refractivity contribution in [1.29, 1.82) is 0 Å². The van der Waals surface area contributed by atoms with Gasteiger partial charge >= 0.3 is 0 Å². The first kappa shape index (κ1) is 24.5. The second-order valence-corrected chi connectivity index (χ2v) is 12.4. The van der Waals surface area contributed by atoms with Crippen molar-refractivity contribution >= 4 is 32.0 Å². The summed E-state index contributed by atoms with van der Waals surface area (Å²) < 4.78 is 65.8. The zero-order valence-electron chi connectivity index (χ0n) is 18.0. The van der Waals surface area contributed by atoms with E-state index in [4.69, 9.17) is 0 Å². The minimum absolute atomic E-state index is 0.00116. The van der Waals surface area contributed by atoms with Gasteiger partial charge in [0.05, 0.1) is 9.79 Å². The average Bonchev–Trinajstić information content (AvgIpc) is 2.67.